The van der Waals surface area contributed by atoms with E-state index in [9.17, 15) is 22.4 Å². The molecule has 3 rings (SSSR count). The van der Waals surface area contributed by atoms with E-state index in [1.165, 1.54) is 17.0 Å². The summed E-state index contributed by atoms with van der Waals surface area (Å²) in [4.78, 5) is 28.9. The molecule has 0 saturated heterocycles. The minimum absolute atomic E-state index is 0.0133. The van der Waals surface area contributed by atoms with Crippen molar-refractivity contribution in [3.63, 3.8) is 0 Å². The van der Waals surface area contributed by atoms with Crippen LogP contribution >= 0.6 is 0 Å². The van der Waals surface area contributed by atoms with Gasteiger partial charge in [0.2, 0.25) is 21.8 Å². The largest absolute Gasteiger partial charge is 0.350 e. The highest BCUT2D eigenvalue weighted by molar-refractivity contribution is 7.92. The van der Waals surface area contributed by atoms with Crippen LogP contribution in [0.25, 0.3) is 0 Å². The number of halogens is 1. The molecule has 0 radical (unpaired) electrons. The Morgan fingerprint density at radius 1 is 0.868 bits per heavy atom. The van der Waals surface area contributed by atoms with E-state index in [0.717, 1.165) is 16.1 Å². The SMILES string of the molecule is CC(C)(C)NC(=O)[C@H](Cc1ccccc1)N(Cc1ccc(F)cc1)C(=O)CN(c1ccccc1)S(C)(=O)=O. The third-order valence-electron chi connectivity index (χ3n) is 5.76. The Kier molecular flexibility index (Phi) is 9.27. The van der Waals surface area contributed by atoms with E-state index in [-0.39, 0.29) is 18.9 Å². The zero-order valence-electron chi connectivity index (χ0n) is 22.1. The fourth-order valence-corrected chi connectivity index (χ4v) is 4.85. The Hall–Kier alpha value is -3.72. The summed E-state index contributed by atoms with van der Waals surface area (Å²) in [5, 5.41) is 2.96. The number of nitrogens with zero attached hydrogens (tertiary/aromatic N) is 2. The van der Waals surface area contributed by atoms with E-state index in [1.54, 1.807) is 42.5 Å². The average molecular weight is 540 g/mol. The predicted octanol–water partition coefficient (Wildman–Crippen LogP) is 4.15. The summed E-state index contributed by atoms with van der Waals surface area (Å²) in [6, 6.07) is 22.3. The van der Waals surface area contributed by atoms with Crippen LogP contribution in [-0.2, 0) is 32.6 Å². The van der Waals surface area contributed by atoms with Crippen LogP contribution in [0.2, 0.25) is 0 Å². The Morgan fingerprint density at radius 3 is 1.95 bits per heavy atom. The second-order valence-corrected chi connectivity index (χ2v) is 12.1. The molecule has 1 N–H and O–H groups in total. The van der Waals surface area contributed by atoms with E-state index < -0.39 is 39.9 Å². The molecule has 3 aromatic rings. The van der Waals surface area contributed by atoms with Gasteiger partial charge in [0.15, 0.2) is 0 Å². The molecule has 0 aliphatic carbocycles. The van der Waals surface area contributed by atoms with Crippen molar-refractivity contribution < 1.29 is 22.4 Å². The maximum Gasteiger partial charge on any atom is 0.244 e. The highest BCUT2D eigenvalue weighted by atomic mass is 32.2. The molecule has 0 heterocycles. The molecule has 0 unspecified atom stereocenters. The molecule has 3 aromatic carbocycles. The zero-order chi connectivity index (χ0) is 27.9. The van der Waals surface area contributed by atoms with Crippen molar-refractivity contribution in [2.75, 3.05) is 17.1 Å². The molecule has 1 atom stereocenters. The lowest BCUT2D eigenvalue weighted by Crippen LogP contribution is -2.56. The fourth-order valence-electron chi connectivity index (χ4n) is 4.00. The number of carbonyl (C=O) groups excluding carboxylic acids is 2. The molecule has 9 heteroatoms. The smallest absolute Gasteiger partial charge is 0.244 e. The topological polar surface area (TPSA) is 86.8 Å². The molecule has 38 heavy (non-hydrogen) atoms. The summed E-state index contributed by atoms with van der Waals surface area (Å²) < 4.78 is 40.0. The lowest BCUT2D eigenvalue weighted by Gasteiger charge is -2.35. The number of amides is 2. The van der Waals surface area contributed by atoms with E-state index in [1.807, 2.05) is 51.1 Å². The molecule has 0 aliphatic rings. The molecule has 0 aliphatic heterocycles. The van der Waals surface area contributed by atoms with Gasteiger partial charge in [-0.15, -0.1) is 0 Å². The minimum atomic E-state index is -3.82. The van der Waals surface area contributed by atoms with Gasteiger partial charge in [-0.1, -0.05) is 60.7 Å². The van der Waals surface area contributed by atoms with Gasteiger partial charge in [0, 0.05) is 18.5 Å². The Balaban J connectivity index is 2.05. The number of sulfonamides is 1. The van der Waals surface area contributed by atoms with E-state index >= 15 is 0 Å². The summed E-state index contributed by atoms with van der Waals surface area (Å²) in [5.41, 5.74) is 1.21. The number of nitrogens with one attached hydrogen (secondary N) is 1. The first-order chi connectivity index (χ1) is 17.8. The number of para-hydroxylation sites is 1. The van der Waals surface area contributed by atoms with Gasteiger partial charge in [0.1, 0.15) is 18.4 Å². The van der Waals surface area contributed by atoms with Gasteiger partial charge in [-0.25, -0.2) is 12.8 Å². The van der Waals surface area contributed by atoms with Gasteiger partial charge < -0.3 is 10.2 Å². The number of rotatable bonds is 10. The van der Waals surface area contributed by atoms with Gasteiger partial charge in [-0.05, 0) is 56.2 Å². The average Bonchev–Trinajstić information content (AvgIpc) is 2.85. The van der Waals surface area contributed by atoms with Crippen molar-refractivity contribution in [2.45, 2.75) is 45.3 Å². The van der Waals surface area contributed by atoms with E-state index in [0.29, 0.717) is 11.3 Å². The molecule has 0 spiro atoms. The third-order valence-corrected chi connectivity index (χ3v) is 6.90. The summed E-state index contributed by atoms with van der Waals surface area (Å²) >= 11 is 0. The first-order valence-electron chi connectivity index (χ1n) is 12.3. The molecule has 0 saturated carbocycles. The predicted molar refractivity (Wildman–Crippen MR) is 147 cm³/mol. The summed E-state index contributed by atoms with van der Waals surface area (Å²) in [5.74, 6) is -1.36. The standard InChI is InChI=1S/C29H34FN3O4S/c1-29(2,3)31-28(35)26(19-22-11-7-5-8-12-22)32(20-23-15-17-24(30)18-16-23)27(34)21-33(38(4,36)37)25-13-9-6-10-14-25/h5-18,26H,19-21H2,1-4H3,(H,31,35)/t26-/m0/s1. The van der Waals surface area contributed by atoms with E-state index in [4.69, 9.17) is 0 Å². The summed E-state index contributed by atoms with van der Waals surface area (Å²) in [6.45, 7) is 5.02. The summed E-state index contributed by atoms with van der Waals surface area (Å²) in [6.07, 6.45) is 1.24. The van der Waals surface area contributed by atoms with Crippen molar-refractivity contribution in [2.24, 2.45) is 0 Å². The molecule has 7 nitrogen and oxygen atoms in total. The van der Waals surface area contributed by atoms with Crippen LogP contribution in [-0.4, -0.2) is 49.5 Å². The number of carbonyl (C=O) groups is 2. The van der Waals surface area contributed by atoms with Crippen molar-refractivity contribution in [3.05, 3.63) is 102 Å². The fraction of sp³-hybridized carbons (Fsp3) is 0.310. The second-order valence-electron chi connectivity index (χ2n) is 10.2. The van der Waals surface area contributed by atoms with E-state index in [2.05, 4.69) is 5.32 Å². The van der Waals surface area contributed by atoms with Crippen molar-refractivity contribution in [1.29, 1.82) is 0 Å². The number of hydrogen-bond acceptors (Lipinski definition) is 4. The number of benzene rings is 3. The minimum Gasteiger partial charge on any atom is -0.350 e. The molecule has 202 valence electrons. The normalized spacial score (nSPS) is 12.4. The molecule has 0 aromatic heterocycles. The zero-order valence-corrected chi connectivity index (χ0v) is 22.9. The highest BCUT2D eigenvalue weighted by Crippen LogP contribution is 2.20. The van der Waals surface area contributed by atoms with Crippen LogP contribution < -0.4 is 9.62 Å². The summed E-state index contributed by atoms with van der Waals surface area (Å²) in [7, 11) is -3.82. The maximum atomic E-state index is 13.9. The van der Waals surface area contributed by atoms with Gasteiger partial charge in [-0.3, -0.25) is 13.9 Å². The lowest BCUT2D eigenvalue weighted by molar-refractivity contribution is -0.140. The molecule has 0 bridgehead atoms. The van der Waals surface area contributed by atoms with Crippen LogP contribution in [0.5, 0.6) is 0 Å². The molecular formula is C29H34FN3O4S. The lowest BCUT2D eigenvalue weighted by atomic mass is 10.0. The van der Waals surface area contributed by atoms with Crippen LogP contribution in [0.1, 0.15) is 31.9 Å². The first-order valence-corrected chi connectivity index (χ1v) is 14.1. The van der Waals surface area contributed by atoms with Crippen LogP contribution in [0.3, 0.4) is 0 Å². The van der Waals surface area contributed by atoms with Crippen LogP contribution in [0, 0.1) is 5.82 Å². The molecular weight excluding hydrogens is 505 g/mol. The Labute approximate surface area is 224 Å². The van der Waals surface area contributed by atoms with Gasteiger partial charge in [-0.2, -0.15) is 0 Å². The Morgan fingerprint density at radius 2 is 1.42 bits per heavy atom. The van der Waals surface area contributed by atoms with Gasteiger partial charge in [0.05, 0.1) is 11.9 Å². The number of anilines is 1. The molecule has 0 fully saturated rings. The maximum absolute atomic E-state index is 13.9. The third kappa shape index (κ3) is 8.41. The highest BCUT2D eigenvalue weighted by Gasteiger charge is 2.34. The quantitative estimate of drug-likeness (QED) is 0.420. The first kappa shape index (κ1) is 28.8. The van der Waals surface area contributed by atoms with Gasteiger partial charge >= 0.3 is 0 Å². The Bertz CT molecular complexity index is 1330. The van der Waals surface area contributed by atoms with Crippen molar-refractivity contribution in [3.8, 4) is 0 Å². The van der Waals surface area contributed by atoms with Crippen molar-refractivity contribution >= 4 is 27.5 Å². The second kappa shape index (κ2) is 12.2. The molecule has 2 amide bonds. The van der Waals surface area contributed by atoms with Gasteiger partial charge in [0.25, 0.3) is 0 Å². The number of hydrogen-bond donors (Lipinski definition) is 1. The van der Waals surface area contributed by atoms with Crippen LogP contribution in [0.15, 0.2) is 84.9 Å². The van der Waals surface area contributed by atoms with Crippen LogP contribution in [0.4, 0.5) is 10.1 Å². The monoisotopic (exact) mass is 539 g/mol. The van der Waals surface area contributed by atoms with Crippen molar-refractivity contribution in [1.82, 2.24) is 10.2 Å².